The van der Waals surface area contributed by atoms with Gasteiger partial charge in [0.15, 0.2) is 5.78 Å². The molecule has 0 aromatic carbocycles. The van der Waals surface area contributed by atoms with E-state index in [9.17, 15) is 9.90 Å². The van der Waals surface area contributed by atoms with E-state index >= 15 is 0 Å². The second kappa shape index (κ2) is 6.90. The second-order valence-electron chi connectivity index (χ2n) is 11.3. The molecule has 29 heavy (non-hydrogen) atoms. The third-order valence-corrected chi connectivity index (χ3v) is 9.78. The lowest BCUT2D eigenvalue weighted by molar-refractivity contribution is -0.135. The average Bonchev–Trinajstić information content (AvgIpc) is 3.33. The Labute approximate surface area is 174 Å². The third-order valence-electron chi connectivity index (χ3n) is 9.78. The third kappa shape index (κ3) is 3.10. The van der Waals surface area contributed by atoms with Gasteiger partial charge in [-0.15, -0.1) is 0 Å². The summed E-state index contributed by atoms with van der Waals surface area (Å²) in [5, 5.41) is 19.0. The summed E-state index contributed by atoms with van der Waals surface area (Å²) in [5.74, 6) is 4.31. The Hall–Kier alpha value is -1.23. The van der Waals surface area contributed by atoms with Gasteiger partial charge in [-0.3, -0.25) is 4.79 Å². The predicted molar refractivity (Wildman–Crippen MR) is 111 cm³/mol. The van der Waals surface area contributed by atoms with E-state index in [2.05, 4.69) is 17.1 Å². The highest BCUT2D eigenvalue weighted by molar-refractivity contribution is 5.85. The smallest absolute Gasteiger partial charge is 0.162 e. The summed E-state index contributed by atoms with van der Waals surface area (Å²) in [6.45, 7) is 6.42. The fourth-order valence-electron chi connectivity index (χ4n) is 8.38. The van der Waals surface area contributed by atoms with Crippen molar-refractivity contribution in [1.29, 1.82) is 0 Å². The first-order valence-electron chi connectivity index (χ1n) is 11.9. The van der Waals surface area contributed by atoms with Crippen LogP contribution < -0.4 is 0 Å². The second-order valence-corrected chi connectivity index (χ2v) is 11.3. The normalized spacial score (nSPS) is 47.7. The Bertz CT molecular complexity index is 760. The van der Waals surface area contributed by atoms with E-state index in [0.29, 0.717) is 17.6 Å². The molecule has 4 aliphatic rings. The molecule has 0 bridgehead atoms. The minimum atomic E-state index is -0.446. The molecule has 0 unspecified atom stereocenters. The van der Waals surface area contributed by atoms with Crippen LogP contribution in [-0.4, -0.2) is 31.5 Å². The number of hydrogen-bond donors (Lipinski definition) is 1. The molecule has 9 atom stereocenters. The number of Topliss-reactive ketones (excluding diaryl/α,β-unsaturated/α-hetero) is 1. The minimum Gasteiger partial charge on any atom is -0.390 e. The van der Waals surface area contributed by atoms with Gasteiger partial charge in [-0.05, 0) is 107 Å². The standard InChI is InChI=1S/C24H37N3O2/c1-15(27-25-12-13-26-27)22(28)21-7-6-20-19-5-4-16-14-23(2,29)10-8-17(16)18(19)9-11-24(20,21)3/h12-13,15-21,29H,4-11,14H2,1-3H3/t15-,16+,17-,18+,19+,20-,21+,23+,24-/m0/s1. The number of carbonyl (C=O) groups is 1. The summed E-state index contributed by atoms with van der Waals surface area (Å²) in [4.78, 5) is 15.0. The van der Waals surface area contributed by atoms with Crippen molar-refractivity contribution in [3.8, 4) is 0 Å². The van der Waals surface area contributed by atoms with E-state index in [1.165, 1.54) is 38.5 Å². The molecule has 5 heteroatoms. The highest BCUT2D eigenvalue weighted by Gasteiger charge is 2.59. The maximum atomic E-state index is 13.4. The molecule has 160 valence electrons. The van der Waals surface area contributed by atoms with Gasteiger partial charge >= 0.3 is 0 Å². The van der Waals surface area contributed by atoms with Gasteiger partial charge in [-0.1, -0.05) is 6.92 Å². The van der Waals surface area contributed by atoms with Gasteiger partial charge in [-0.2, -0.15) is 15.0 Å². The lowest BCUT2D eigenvalue weighted by Crippen LogP contribution is -2.51. The maximum absolute atomic E-state index is 13.4. The van der Waals surface area contributed by atoms with Crippen molar-refractivity contribution in [1.82, 2.24) is 15.0 Å². The van der Waals surface area contributed by atoms with Crippen LogP contribution in [0, 0.1) is 40.9 Å². The number of ketones is 1. The Morgan fingerprint density at radius 3 is 2.48 bits per heavy atom. The van der Waals surface area contributed by atoms with E-state index < -0.39 is 5.60 Å². The van der Waals surface area contributed by atoms with E-state index in [4.69, 9.17) is 0 Å². The first-order chi connectivity index (χ1) is 13.8. The molecule has 4 fully saturated rings. The zero-order valence-electron chi connectivity index (χ0n) is 18.3. The van der Waals surface area contributed by atoms with E-state index in [1.54, 1.807) is 17.2 Å². The summed E-state index contributed by atoms with van der Waals surface area (Å²) >= 11 is 0. The van der Waals surface area contributed by atoms with Gasteiger partial charge in [0, 0.05) is 5.92 Å². The molecular formula is C24H37N3O2. The van der Waals surface area contributed by atoms with Crippen molar-refractivity contribution in [2.75, 3.05) is 0 Å². The summed E-state index contributed by atoms with van der Waals surface area (Å²) in [6.07, 6.45) is 13.8. The fraction of sp³-hybridized carbons (Fsp3) is 0.875. The molecule has 1 heterocycles. The van der Waals surface area contributed by atoms with E-state index in [-0.39, 0.29) is 17.4 Å². The zero-order valence-corrected chi connectivity index (χ0v) is 18.3. The van der Waals surface area contributed by atoms with Crippen LogP contribution in [0.15, 0.2) is 12.4 Å². The summed E-state index contributed by atoms with van der Waals surface area (Å²) in [5.41, 5.74) is -0.300. The molecule has 5 nitrogen and oxygen atoms in total. The molecule has 4 saturated carbocycles. The molecular weight excluding hydrogens is 362 g/mol. The lowest BCUT2D eigenvalue weighted by Gasteiger charge is -2.57. The first kappa shape index (κ1) is 19.7. The molecule has 1 N–H and O–H groups in total. The Kier molecular flexibility index (Phi) is 4.69. The SMILES string of the molecule is C[C@@H](C(=O)[C@H]1CC[C@H]2[C@@H]3CC[C@@H]4C[C@](C)(O)CC[C@@H]4[C@H]3CC[C@]12C)n1nccn1. The van der Waals surface area contributed by atoms with Crippen molar-refractivity contribution in [3.63, 3.8) is 0 Å². The molecule has 0 aliphatic heterocycles. The fourth-order valence-corrected chi connectivity index (χ4v) is 8.38. The minimum absolute atomic E-state index is 0.145. The summed E-state index contributed by atoms with van der Waals surface area (Å²) < 4.78 is 0. The van der Waals surface area contributed by atoms with Gasteiger partial charge in [0.2, 0.25) is 0 Å². The number of rotatable bonds is 3. The van der Waals surface area contributed by atoms with Crippen LogP contribution in [0.2, 0.25) is 0 Å². The van der Waals surface area contributed by atoms with Crippen LogP contribution in [0.1, 0.15) is 84.6 Å². The highest BCUT2D eigenvalue weighted by atomic mass is 16.3. The number of nitrogens with zero attached hydrogens (tertiary/aromatic N) is 3. The molecule has 4 aliphatic carbocycles. The van der Waals surface area contributed by atoms with Gasteiger partial charge < -0.3 is 5.11 Å². The van der Waals surface area contributed by atoms with E-state index in [0.717, 1.165) is 37.0 Å². The number of fused-ring (bicyclic) bond motifs is 5. The number of aliphatic hydroxyl groups is 1. The number of aromatic nitrogens is 3. The van der Waals surface area contributed by atoms with Crippen molar-refractivity contribution in [2.45, 2.75) is 90.2 Å². The molecule has 0 spiro atoms. The van der Waals surface area contributed by atoms with Crippen molar-refractivity contribution in [2.24, 2.45) is 40.9 Å². The monoisotopic (exact) mass is 399 g/mol. The molecule has 0 radical (unpaired) electrons. The van der Waals surface area contributed by atoms with E-state index in [1.807, 2.05) is 13.8 Å². The van der Waals surface area contributed by atoms with Crippen LogP contribution >= 0.6 is 0 Å². The summed E-state index contributed by atoms with van der Waals surface area (Å²) in [6, 6.07) is -0.264. The van der Waals surface area contributed by atoms with Gasteiger partial charge in [0.05, 0.1) is 18.0 Å². The van der Waals surface area contributed by atoms with Gasteiger partial charge in [0.1, 0.15) is 6.04 Å². The molecule has 1 aromatic rings. The van der Waals surface area contributed by atoms with Crippen LogP contribution in [0.4, 0.5) is 0 Å². The number of carbonyl (C=O) groups excluding carboxylic acids is 1. The van der Waals surface area contributed by atoms with Crippen molar-refractivity contribution >= 4 is 5.78 Å². The van der Waals surface area contributed by atoms with Crippen LogP contribution in [-0.2, 0) is 4.79 Å². The zero-order chi connectivity index (χ0) is 20.4. The van der Waals surface area contributed by atoms with Gasteiger partial charge in [0.25, 0.3) is 0 Å². The Morgan fingerprint density at radius 1 is 1.00 bits per heavy atom. The van der Waals surface area contributed by atoms with Crippen LogP contribution in [0.25, 0.3) is 0 Å². The topological polar surface area (TPSA) is 68.0 Å². The predicted octanol–water partition coefficient (Wildman–Crippen LogP) is 4.43. The lowest BCUT2D eigenvalue weighted by atomic mass is 9.49. The van der Waals surface area contributed by atoms with Gasteiger partial charge in [-0.25, -0.2) is 0 Å². The molecule has 1 aromatic heterocycles. The van der Waals surface area contributed by atoms with Crippen LogP contribution in [0.5, 0.6) is 0 Å². The first-order valence-corrected chi connectivity index (χ1v) is 11.9. The Balaban J connectivity index is 1.34. The molecule has 0 amide bonds. The molecule has 0 saturated heterocycles. The Morgan fingerprint density at radius 2 is 1.72 bits per heavy atom. The largest absolute Gasteiger partial charge is 0.390 e. The van der Waals surface area contributed by atoms with Crippen molar-refractivity contribution in [3.05, 3.63) is 12.4 Å². The van der Waals surface area contributed by atoms with Crippen molar-refractivity contribution < 1.29 is 9.90 Å². The maximum Gasteiger partial charge on any atom is 0.162 e. The number of hydrogen-bond acceptors (Lipinski definition) is 4. The van der Waals surface area contributed by atoms with Crippen LogP contribution in [0.3, 0.4) is 0 Å². The molecule has 5 rings (SSSR count). The average molecular weight is 400 g/mol. The summed E-state index contributed by atoms with van der Waals surface area (Å²) in [7, 11) is 0. The quantitative estimate of drug-likeness (QED) is 0.816. The highest BCUT2D eigenvalue weighted by Crippen LogP contribution is 2.65.